The second kappa shape index (κ2) is 12.2. The molecule has 12 heteroatoms. The molecule has 1 heterocycles. The first kappa shape index (κ1) is 28.0. The molecule has 3 N–H and O–H groups in total. The molecule has 0 bridgehead atoms. The minimum Gasteiger partial charge on any atom is -0.497 e. The Morgan fingerprint density at radius 3 is 2.20 bits per heavy atom. The number of halogens is 2. The van der Waals surface area contributed by atoms with Crippen molar-refractivity contribution in [3.63, 3.8) is 0 Å². The van der Waals surface area contributed by atoms with Crippen LogP contribution in [0.25, 0.3) is 0 Å². The summed E-state index contributed by atoms with van der Waals surface area (Å²) < 4.78 is 32.0. The lowest BCUT2D eigenvalue weighted by Gasteiger charge is -2.31. The molecule has 3 aromatic carbocycles. The van der Waals surface area contributed by atoms with E-state index in [2.05, 4.69) is 10.6 Å². The minimum absolute atomic E-state index is 0.00882. The van der Waals surface area contributed by atoms with Gasteiger partial charge in [0.2, 0.25) is 0 Å². The molecular weight excluding hydrogens is 526 g/mol. The number of methoxy groups -OCH3 is 1. The number of carbonyl (C=O) groups excluding carboxylic acids is 3. The van der Waals surface area contributed by atoms with Gasteiger partial charge in [-0.2, -0.15) is 0 Å². The van der Waals surface area contributed by atoms with Crippen LogP contribution in [0.2, 0.25) is 0 Å². The molecule has 0 spiro atoms. The number of ether oxygens (including phenoxy) is 1. The molecule has 40 heavy (non-hydrogen) atoms. The van der Waals surface area contributed by atoms with E-state index in [-0.39, 0.29) is 24.3 Å². The number of hydrogen-bond acceptors (Lipinski definition) is 5. The summed E-state index contributed by atoms with van der Waals surface area (Å²) >= 11 is 0. The fourth-order valence-corrected chi connectivity index (χ4v) is 4.36. The first-order valence-electron chi connectivity index (χ1n) is 12.2. The SMILES string of the molecule is COc1cccc(C(=O)N2CCN(C(=O)Nc3ccc(F)cc3)C2C(=O)NC(CC(=O)O)c2ccc(F)cc2)c1. The number of carbonyl (C=O) groups is 4. The molecular formula is C28H26F2N4O6. The Morgan fingerprint density at radius 2 is 1.57 bits per heavy atom. The minimum atomic E-state index is -1.46. The highest BCUT2D eigenvalue weighted by molar-refractivity contribution is 6.01. The van der Waals surface area contributed by atoms with Gasteiger partial charge in [-0.3, -0.25) is 19.3 Å². The summed E-state index contributed by atoms with van der Waals surface area (Å²) in [7, 11) is 1.44. The number of benzene rings is 3. The van der Waals surface area contributed by atoms with Crippen LogP contribution in [-0.2, 0) is 9.59 Å². The maximum Gasteiger partial charge on any atom is 0.323 e. The van der Waals surface area contributed by atoms with Crippen LogP contribution in [0.5, 0.6) is 5.75 Å². The number of hydrogen-bond donors (Lipinski definition) is 3. The molecule has 0 aliphatic carbocycles. The predicted octanol–water partition coefficient (Wildman–Crippen LogP) is 3.62. The highest BCUT2D eigenvalue weighted by Crippen LogP contribution is 2.24. The van der Waals surface area contributed by atoms with E-state index in [1.165, 1.54) is 48.4 Å². The smallest absolute Gasteiger partial charge is 0.323 e. The van der Waals surface area contributed by atoms with Crippen molar-refractivity contribution in [3.8, 4) is 5.75 Å². The molecule has 1 saturated heterocycles. The number of rotatable bonds is 8. The van der Waals surface area contributed by atoms with Gasteiger partial charge in [-0.05, 0) is 60.2 Å². The number of amides is 4. The van der Waals surface area contributed by atoms with Gasteiger partial charge in [-0.25, -0.2) is 13.6 Å². The Kier molecular flexibility index (Phi) is 8.57. The molecule has 1 aliphatic heterocycles. The first-order valence-corrected chi connectivity index (χ1v) is 12.2. The molecule has 1 fully saturated rings. The van der Waals surface area contributed by atoms with Gasteiger partial charge in [0, 0.05) is 24.3 Å². The zero-order chi connectivity index (χ0) is 28.8. The predicted molar refractivity (Wildman–Crippen MR) is 139 cm³/mol. The Labute approximate surface area is 228 Å². The van der Waals surface area contributed by atoms with Gasteiger partial charge in [0.05, 0.1) is 19.6 Å². The molecule has 0 radical (unpaired) electrons. The number of carboxylic acids is 1. The second-order valence-corrected chi connectivity index (χ2v) is 8.95. The van der Waals surface area contributed by atoms with E-state index in [9.17, 15) is 33.1 Å². The monoisotopic (exact) mass is 552 g/mol. The van der Waals surface area contributed by atoms with Crippen molar-refractivity contribution in [1.29, 1.82) is 0 Å². The van der Waals surface area contributed by atoms with Crippen molar-refractivity contribution in [3.05, 3.63) is 95.6 Å². The number of aliphatic carboxylic acids is 1. The maximum atomic E-state index is 13.7. The summed E-state index contributed by atoms with van der Waals surface area (Å²) in [6, 6.07) is 14.4. The van der Waals surface area contributed by atoms with Crippen LogP contribution in [-0.4, -0.2) is 65.1 Å². The highest BCUT2D eigenvalue weighted by Gasteiger charge is 2.43. The van der Waals surface area contributed by atoms with Gasteiger partial charge in [-0.15, -0.1) is 0 Å². The average molecular weight is 553 g/mol. The Bertz CT molecular complexity index is 1400. The van der Waals surface area contributed by atoms with E-state index in [1.54, 1.807) is 12.1 Å². The van der Waals surface area contributed by atoms with Crippen LogP contribution in [0.1, 0.15) is 28.4 Å². The number of nitrogens with zero attached hydrogens (tertiary/aromatic N) is 2. The highest BCUT2D eigenvalue weighted by atomic mass is 19.1. The van der Waals surface area contributed by atoms with E-state index in [0.717, 1.165) is 29.2 Å². The molecule has 0 saturated carbocycles. The van der Waals surface area contributed by atoms with Crippen molar-refractivity contribution < 1.29 is 37.8 Å². The Balaban J connectivity index is 1.65. The fourth-order valence-electron chi connectivity index (χ4n) is 4.36. The van der Waals surface area contributed by atoms with Crippen LogP contribution < -0.4 is 15.4 Å². The summed E-state index contributed by atoms with van der Waals surface area (Å²) in [6.45, 7) is -0.0356. The lowest BCUT2D eigenvalue weighted by atomic mass is 10.0. The molecule has 2 atom stereocenters. The lowest BCUT2D eigenvalue weighted by molar-refractivity contribution is -0.138. The molecule has 4 rings (SSSR count). The van der Waals surface area contributed by atoms with Crippen LogP contribution >= 0.6 is 0 Å². The summed E-state index contributed by atoms with van der Waals surface area (Å²) in [5.74, 6) is -3.24. The van der Waals surface area contributed by atoms with Gasteiger partial charge < -0.3 is 25.4 Å². The van der Waals surface area contributed by atoms with E-state index >= 15 is 0 Å². The normalized spacial score (nSPS) is 15.3. The fraction of sp³-hybridized carbons (Fsp3) is 0.214. The van der Waals surface area contributed by atoms with Crippen LogP contribution in [0.3, 0.4) is 0 Å². The van der Waals surface area contributed by atoms with Gasteiger partial charge in [0.25, 0.3) is 11.8 Å². The number of nitrogens with one attached hydrogen (secondary N) is 2. The van der Waals surface area contributed by atoms with Crippen molar-refractivity contribution >= 4 is 29.5 Å². The van der Waals surface area contributed by atoms with E-state index in [0.29, 0.717) is 11.3 Å². The van der Waals surface area contributed by atoms with E-state index in [1.807, 2.05) is 0 Å². The van der Waals surface area contributed by atoms with Gasteiger partial charge in [0.1, 0.15) is 17.4 Å². The molecule has 3 aromatic rings. The van der Waals surface area contributed by atoms with E-state index in [4.69, 9.17) is 4.74 Å². The third kappa shape index (κ3) is 6.52. The topological polar surface area (TPSA) is 128 Å². The molecule has 10 nitrogen and oxygen atoms in total. The molecule has 0 aromatic heterocycles. The van der Waals surface area contributed by atoms with Crippen molar-refractivity contribution in [2.24, 2.45) is 0 Å². The van der Waals surface area contributed by atoms with Crippen molar-refractivity contribution in [1.82, 2.24) is 15.1 Å². The first-order chi connectivity index (χ1) is 19.2. The summed E-state index contributed by atoms with van der Waals surface area (Å²) in [4.78, 5) is 54.3. The average Bonchev–Trinajstić information content (AvgIpc) is 3.39. The van der Waals surface area contributed by atoms with Crippen LogP contribution in [0.4, 0.5) is 19.3 Å². The zero-order valence-electron chi connectivity index (χ0n) is 21.3. The number of carboxylic acid groups (broad SMARTS) is 1. The quantitative estimate of drug-likeness (QED) is 0.392. The summed E-state index contributed by atoms with van der Waals surface area (Å²) in [5.41, 5.74) is 0.792. The Morgan fingerprint density at radius 1 is 0.950 bits per heavy atom. The summed E-state index contributed by atoms with van der Waals surface area (Å²) in [5, 5.41) is 14.6. The van der Waals surface area contributed by atoms with E-state index < -0.39 is 54.1 Å². The molecule has 1 aliphatic rings. The van der Waals surface area contributed by atoms with Crippen LogP contribution in [0.15, 0.2) is 72.8 Å². The number of anilines is 1. The maximum absolute atomic E-state index is 13.7. The van der Waals surface area contributed by atoms with Gasteiger partial charge in [0.15, 0.2) is 6.17 Å². The molecule has 4 amide bonds. The largest absolute Gasteiger partial charge is 0.497 e. The van der Waals surface area contributed by atoms with Gasteiger partial charge >= 0.3 is 12.0 Å². The van der Waals surface area contributed by atoms with Crippen LogP contribution in [0, 0.1) is 11.6 Å². The van der Waals surface area contributed by atoms with Gasteiger partial charge in [-0.1, -0.05) is 18.2 Å². The molecule has 208 valence electrons. The van der Waals surface area contributed by atoms with Crippen molar-refractivity contribution in [2.75, 3.05) is 25.5 Å². The summed E-state index contributed by atoms with van der Waals surface area (Å²) in [6.07, 6.45) is -1.99. The standard InChI is InChI=1S/C28H26F2N4O6/c1-40-22-4-2-3-18(15-22)27(38)33-13-14-34(28(39)31-21-11-9-20(30)10-12-21)26(33)25(37)32-23(16-24(35)36)17-5-7-19(29)8-6-17/h2-12,15,23,26H,13-14,16H2,1H3,(H,31,39)(H,32,37)(H,35,36). The third-order valence-corrected chi connectivity index (χ3v) is 6.31. The Hall–Kier alpha value is -5.00. The zero-order valence-corrected chi connectivity index (χ0v) is 21.3. The third-order valence-electron chi connectivity index (χ3n) is 6.31. The number of urea groups is 1. The van der Waals surface area contributed by atoms with Crippen molar-refractivity contribution in [2.45, 2.75) is 18.6 Å². The lowest BCUT2D eigenvalue weighted by Crippen LogP contribution is -2.55. The molecule has 2 unspecified atom stereocenters. The second-order valence-electron chi connectivity index (χ2n) is 8.95.